The van der Waals surface area contributed by atoms with E-state index in [4.69, 9.17) is 5.21 Å². The molecule has 0 aliphatic carbocycles. The first-order valence-corrected chi connectivity index (χ1v) is 8.93. The van der Waals surface area contributed by atoms with Crippen molar-refractivity contribution < 1.29 is 90.2 Å². The van der Waals surface area contributed by atoms with Gasteiger partial charge in [0.15, 0.2) is 6.61 Å². The van der Waals surface area contributed by atoms with Crippen molar-refractivity contribution in [2.24, 2.45) is 0 Å². The molecule has 1 aliphatic heterocycles. The van der Waals surface area contributed by atoms with E-state index in [1.54, 1.807) is 0 Å². The molecule has 21 heteroatoms. The number of rotatable bonds is 8. The van der Waals surface area contributed by atoms with Crippen LogP contribution in [-0.2, 0) is 4.74 Å². The molecule has 0 saturated heterocycles. The maximum atomic E-state index is 13.8. The van der Waals surface area contributed by atoms with Gasteiger partial charge in [0.05, 0.1) is 16.7 Å². The average molecular weight is 589 g/mol. The summed E-state index contributed by atoms with van der Waals surface area (Å²) in [6.07, 6.45) is -7.74. The number of alkyl halides is 15. The highest BCUT2D eigenvalue weighted by Crippen LogP contribution is 2.62. The van der Waals surface area contributed by atoms with Gasteiger partial charge in [-0.15, -0.1) is 5.06 Å². The van der Waals surface area contributed by atoms with Crippen LogP contribution < -0.4 is 0 Å². The van der Waals surface area contributed by atoms with Gasteiger partial charge in [-0.05, 0) is 18.2 Å². The van der Waals surface area contributed by atoms with E-state index in [9.17, 15) is 80.2 Å². The van der Waals surface area contributed by atoms with Crippen LogP contribution in [0.2, 0.25) is 0 Å². The number of fused-ring (bicyclic) bond motifs is 1. The number of ether oxygens (including phenoxy) is 1. The van der Waals surface area contributed by atoms with Gasteiger partial charge in [0.2, 0.25) is 0 Å². The first-order valence-electron chi connectivity index (χ1n) is 8.93. The van der Waals surface area contributed by atoms with Gasteiger partial charge in [-0.3, -0.25) is 14.8 Å². The molecule has 0 spiro atoms. The summed E-state index contributed by atoms with van der Waals surface area (Å²) in [6.45, 7) is -3.37. The van der Waals surface area contributed by atoms with Crippen molar-refractivity contribution in [1.29, 1.82) is 0 Å². The summed E-state index contributed by atoms with van der Waals surface area (Å²) >= 11 is 0. The number of carbonyl (C=O) groups is 3. The molecule has 1 aromatic rings. The van der Waals surface area contributed by atoms with E-state index >= 15 is 0 Å². The van der Waals surface area contributed by atoms with Crippen LogP contribution in [-0.4, -0.2) is 76.4 Å². The van der Waals surface area contributed by atoms with Crippen molar-refractivity contribution in [3.8, 4) is 0 Å². The molecule has 1 aromatic carbocycles. The van der Waals surface area contributed by atoms with Crippen molar-refractivity contribution in [3.05, 3.63) is 34.9 Å². The molecule has 6 nitrogen and oxygen atoms in total. The third-order valence-corrected chi connectivity index (χ3v) is 4.88. The summed E-state index contributed by atoms with van der Waals surface area (Å²) in [5, 5.41) is 8.66. The van der Waals surface area contributed by atoms with Gasteiger partial charge in [0, 0.05) is 0 Å². The van der Waals surface area contributed by atoms with Crippen LogP contribution in [0.15, 0.2) is 18.2 Å². The van der Waals surface area contributed by atoms with Gasteiger partial charge in [-0.2, -0.15) is 65.9 Å². The lowest BCUT2D eigenvalue weighted by molar-refractivity contribution is -0.453. The van der Waals surface area contributed by atoms with Crippen LogP contribution >= 0.6 is 0 Å². The molecule has 1 aliphatic rings. The number of nitrogens with zero attached hydrogens (tertiary/aromatic N) is 1. The second-order valence-electron chi connectivity index (χ2n) is 7.33. The number of carbonyl (C=O) groups excluding carboxylic acids is 3. The smallest absolute Gasteiger partial charge is 0.455 e. The third-order valence-electron chi connectivity index (χ3n) is 4.88. The Hall–Kier alpha value is -3.26. The van der Waals surface area contributed by atoms with Crippen LogP contribution in [0.1, 0.15) is 31.1 Å². The maximum Gasteiger partial charge on any atom is 0.460 e. The number of hydrogen-bond donors (Lipinski definition) is 1. The Morgan fingerprint density at radius 1 is 0.684 bits per heavy atom. The molecule has 0 aromatic heterocycles. The van der Waals surface area contributed by atoms with Crippen LogP contribution in [0.3, 0.4) is 0 Å². The second kappa shape index (κ2) is 8.63. The predicted molar refractivity (Wildman–Crippen MR) is 84.7 cm³/mol. The van der Waals surface area contributed by atoms with Crippen molar-refractivity contribution >= 4 is 17.8 Å². The zero-order valence-electron chi connectivity index (χ0n) is 17.1. The molecule has 1 heterocycles. The Bertz CT molecular complexity index is 1160. The van der Waals surface area contributed by atoms with Gasteiger partial charge >= 0.3 is 47.7 Å². The lowest BCUT2D eigenvalue weighted by Gasteiger charge is -2.41. The topological polar surface area (TPSA) is 83.9 Å². The Balaban J connectivity index is 2.35. The summed E-state index contributed by atoms with van der Waals surface area (Å²) in [5.74, 6) is -53.1. The number of amides is 2. The van der Waals surface area contributed by atoms with E-state index in [2.05, 4.69) is 4.74 Å². The molecule has 0 bridgehead atoms. The average Bonchev–Trinajstić information content (AvgIpc) is 2.99. The van der Waals surface area contributed by atoms with E-state index in [1.165, 1.54) is 0 Å². The molecule has 0 radical (unpaired) electrons. The molecule has 0 atom stereocenters. The molecule has 38 heavy (non-hydrogen) atoms. The summed E-state index contributed by atoms with van der Waals surface area (Å²) in [7, 11) is 0. The van der Waals surface area contributed by atoms with Gasteiger partial charge in [0.25, 0.3) is 11.8 Å². The molecule has 0 saturated carbocycles. The minimum atomic E-state index is -8.49. The molecular weight excluding hydrogens is 583 g/mol. The number of esters is 1. The van der Waals surface area contributed by atoms with Crippen LogP contribution in [0.4, 0.5) is 65.9 Å². The number of benzene rings is 1. The fourth-order valence-electron chi connectivity index (χ4n) is 2.68. The van der Waals surface area contributed by atoms with Crippen LogP contribution in [0.5, 0.6) is 0 Å². The molecule has 2 rings (SSSR count). The largest absolute Gasteiger partial charge is 0.460 e. The lowest BCUT2D eigenvalue weighted by atomic mass is 9.91. The first kappa shape index (κ1) is 31.0. The standard InChI is InChI=1S/C17H6F15NO5/c18-11(19,4-38-10(36)5-1-2-6-7(3-5)9(35)33(37)8(6)34)12(20,21)13(22,23)14(24,25)15(26,27)16(28,29)17(30,31)32/h1-3,37H,4H2. The number of halogens is 15. The summed E-state index contributed by atoms with van der Waals surface area (Å²) in [6, 6.07) is 1.37. The number of hydrogen-bond acceptors (Lipinski definition) is 5. The Kier molecular flexibility index (Phi) is 7.03. The predicted octanol–water partition coefficient (Wildman–Crippen LogP) is 5.20. The molecule has 1 N–H and O–H groups in total. The van der Waals surface area contributed by atoms with Crippen molar-refractivity contribution in [2.45, 2.75) is 41.7 Å². The van der Waals surface area contributed by atoms with Gasteiger partial charge in [0.1, 0.15) is 0 Å². The van der Waals surface area contributed by atoms with Gasteiger partial charge < -0.3 is 4.74 Å². The van der Waals surface area contributed by atoms with Crippen molar-refractivity contribution in [2.75, 3.05) is 6.61 Å². The highest BCUT2D eigenvalue weighted by molar-refractivity contribution is 6.21. The quantitative estimate of drug-likeness (QED) is 0.195. The van der Waals surface area contributed by atoms with Crippen LogP contribution in [0, 0.1) is 0 Å². The molecular formula is C17H6F15NO5. The summed E-state index contributed by atoms with van der Waals surface area (Å²) in [4.78, 5) is 34.9. The van der Waals surface area contributed by atoms with E-state index in [-0.39, 0.29) is 0 Å². The van der Waals surface area contributed by atoms with Gasteiger partial charge in [-0.1, -0.05) is 0 Å². The van der Waals surface area contributed by atoms with E-state index in [1.807, 2.05) is 0 Å². The fraction of sp³-hybridized carbons (Fsp3) is 0.471. The van der Waals surface area contributed by atoms with Gasteiger partial charge in [-0.25, -0.2) is 4.79 Å². The Labute approximate surface area is 197 Å². The zero-order chi connectivity index (χ0) is 30.1. The third kappa shape index (κ3) is 4.10. The Morgan fingerprint density at radius 3 is 1.58 bits per heavy atom. The monoisotopic (exact) mass is 589 g/mol. The lowest BCUT2D eigenvalue weighted by Crippen LogP contribution is -2.73. The highest BCUT2D eigenvalue weighted by atomic mass is 19.4. The summed E-state index contributed by atoms with van der Waals surface area (Å²) in [5.41, 5.74) is -2.49. The Morgan fingerprint density at radius 2 is 1.11 bits per heavy atom. The first-order chi connectivity index (χ1) is 16.7. The number of imide groups is 1. The van der Waals surface area contributed by atoms with Crippen molar-refractivity contribution in [1.82, 2.24) is 5.06 Å². The molecule has 214 valence electrons. The van der Waals surface area contributed by atoms with E-state index in [0.717, 1.165) is 0 Å². The van der Waals surface area contributed by atoms with E-state index < -0.39 is 87.9 Å². The maximum absolute atomic E-state index is 13.8. The minimum Gasteiger partial charge on any atom is -0.455 e. The van der Waals surface area contributed by atoms with Crippen molar-refractivity contribution in [3.63, 3.8) is 0 Å². The van der Waals surface area contributed by atoms with Crippen LogP contribution in [0.25, 0.3) is 0 Å². The SMILES string of the molecule is O=C(OCC(F)(F)C(F)(F)C(F)(F)C(F)(F)C(F)(F)C(F)(F)C(F)(F)F)c1ccc2c(c1)C(=O)N(O)C2=O. The molecule has 0 fully saturated rings. The minimum absolute atomic E-state index is 0.326. The normalized spacial score (nSPS) is 16.2. The fourth-order valence-corrected chi connectivity index (χ4v) is 2.68. The number of hydroxylamine groups is 2. The zero-order valence-corrected chi connectivity index (χ0v) is 17.1. The molecule has 0 unspecified atom stereocenters. The second-order valence-corrected chi connectivity index (χ2v) is 7.33. The summed E-state index contributed by atoms with van der Waals surface area (Å²) < 4.78 is 201. The highest BCUT2D eigenvalue weighted by Gasteiger charge is 2.93. The molecule has 2 amide bonds. The van der Waals surface area contributed by atoms with E-state index in [0.29, 0.717) is 18.2 Å².